The molecule has 0 bridgehead atoms. The molecular formula is C16H16BrNO2. The summed E-state index contributed by atoms with van der Waals surface area (Å²) in [6, 6.07) is 17.7. The zero-order chi connectivity index (χ0) is 14.2. The van der Waals surface area contributed by atoms with Crippen LogP contribution >= 0.6 is 15.9 Å². The van der Waals surface area contributed by atoms with Crippen molar-refractivity contribution in [2.75, 3.05) is 6.61 Å². The normalized spacial score (nSPS) is 10.1. The number of ether oxygens (including phenoxy) is 1. The van der Waals surface area contributed by atoms with Gasteiger partial charge in [0.1, 0.15) is 0 Å². The highest BCUT2D eigenvalue weighted by molar-refractivity contribution is 9.10. The van der Waals surface area contributed by atoms with E-state index in [1.165, 1.54) is 0 Å². The summed E-state index contributed by atoms with van der Waals surface area (Å²) in [4.78, 5) is 11.5. The zero-order valence-corrected chi connectivity index (χ0v) is 12.6. The van der Waals surface area contributed by atoms with Crippen molar-refractivity contribution < 1.29 is 9.53 Å². The SMILES string of the molecule is O=C(NCc1ccccc1)OCCc1ccccc1Br. The second kappa shape index (κ2) is 7.70. The van der Waals surface area contributed by atoms with Gasteiger partial charge in [0.15, 0.2) is 0 Å². The van der Waals surface area contributed by atoms with Crippen LogP contribution in [-0.4, -0.2) is 12.7 Å². The molecule has 1 amide bonds. The maximum absolute atomic E-state index is 11.5. The molecule has 0 atom stereocenters. The average Bonchev–Trinajstić information content (AvgIpc) is 2.48. The molecule has 0 radical (unpaired) electrons. The Morgan fingerprint density at radius 1 is 1.05 bits per heavy atom. The highest BCUT2D eigenvalue weighted by Gasteiger charge is 2.03. The van der Waals surface area contributed by atoms with Gasteiger partial charge in [-0.1, -0.05) is 64.5 Å². The van der Waals surface area contributed by atoms with Gasteiger partial charge in [-0.05, 0) is 17.2 Å². The van der Waals surface area contributed by atoms with E-state index in [1.807, 2.05) is 54.6 Å². The van der Waals surface area contributed by atoms with Gasteiger partial charge in [0.05, 0.1) is 6.61 Å². The Morgan fingerprint density at radius 2 is 1.75 bits per heavy atom. The van der Waals surface area contributed by atoms with Gasteiger partial charge < -0.3 is 10.1 Å². The minimum atomic E-state index is -0.388. The molecule has 0 fully saturated rings. The Bertz CT molecular complexity index is 557. The fourth-order valence-corrected chi connectivity index (χ4v) is 2.26. The third-order valence-electron chi connectivity index (χ3n) is 2.84. The number of benzene rings is 2. The molecule has 0 unspecified atom stereocenters. The molecule has 20 heavy (non-hydrogen) atoms. The van der Waals surface area contributed by atoms with E-state index in [0.29, 0.717) is 19.6 Å². The molecule has 0 aromatic heterocycles. The van der Waals surface area contributed by atoms with Gasteiger partial charge >= 0.3 is 6.09 Å². The molecule has 0 heterocycles. The number of nitrogens with one attached hydrogen (secondary N) is 1. The topological polar surface area (TPSA) is 38.3 Å². The van der Waals surface area contributed by atoms with Crippen LogP contribution in [0.3, 0.4) is 0 Å². The third kappa shape index (κ3) is 4.70. The van der Waals surface area contributed by atoms with Gasteiger partial charge in [-0.3, -0.25) is 0 Å². The molecular weight excluding hydrogens is 318 g/mol. The molecule has 1 N–H and O–H groups in total. The predicted molar refractivity (Wildman–Crippen MR) is 82.5 cm³/mol. The number of rotatable bonds is 5. The second-order valence-corrected chi connectivity index (χ2v) is 5.17. The zero-order valence-electron chi connectivity index (χ0n) is 11.0. The smallest absolute Gasteiger partial charge is 0.407 e. The molecule has 0 saturated carbocycles. The summed E-state index contributed by atoms with van der Waals surface area (Å²) in [7, 11) is 0. The lowest BCUT2D eigenvalue weighted by atomic mass is 10.2. The summed E-state index contributed by atoms with van der Waals surface area (Å²) < 4.78 is 6.19. The van der Waals surface area contributed by atoms with E-state index in [1.54, 1.807) is 0 Å². The van der Waals surface area contributed by atoms with Crippen LogP contribution in [0.2, 0.25) is 0 Å². The van der Waals surface area contributed by atoms with Crippen LogP contribution in [0.1, 0.15) is 11.1 Å². The average molecular weight is 334 g/mol. The van der Waals surface area contributed by atoms with Gasteiger partial charge in [0, 0.05) is 17.4 Å². The molecule has 2 aromatic carbocycles. The van der Waals surface area contributed by atoms with E-state index in [2.05, 4.69) is 21.2 Å². The lowest BCUT2D eigenvalue weighted by Crippen LogP contribution is -2.24. The Morgan fingerprint density at radius 3 is 2.50 bits per heavy atom. The number of carbonyl (C=O) groups is 1. The van der Waals surface area contributed by atoms with E-state index < -0.39 is 0 Å². The summed E-state index contributed by atoms with van der Waals surface area (Å²) in [6.45, 7) is 0.845. The van der Waals surface area contributed by atoms with Crippen molar-refractivity contribution in [1.82, 2.24) is 5.32 Å². The molecule has 0 aliphatic heterocycles. The van der Waals surface area contributed by atoms with Crippen molar-refractivity contribution in [3.63, 3.8) is 0 Å². The fourth-order valence-electron chi connectivity index (χ4n) is 1.78. The monoisotopic (exact) mass is 333 g/mol. The van der Waals surface area contributed by atoms with Crippen molar-refractivity contribution in [2.45, 2.75) is 13.0 Å². The van der Waals surface area contributed by atoms with E-state index in [4.69, 9.17) is 4.74 Å². The van der Waals surface area contributed by atoms with E-state index in [0.717, 1.165) is 15.6 Å². The van der Waals surface area contributed by atoms with Gasteiger partial charge in [-0.15, -0.1) is 0 Å². The molecule has 0 saturated heterocycles. The number of carbonyl (C=O) groups excluding carboxylic acids is 1. The largest absolute Gasteiger partial charge is 0.449 e. The van der Waals surface area contributed by atoms with Crippen LogP contribution in [0.15, 0.2) is 59.1 Å². The van der Waals surface area contributed by atoms with Crippen LogP contribution in [0.25, 0.3) is 0 Å². The van der Waals surface area contributed by atoms with Gasteiger partial charge in [0.2, 0.25) is 0 Å². The maximum Gasteiger partial charge on any atom is 0.407 e. The number of hydrogen-bond donors (Lipinski definition) is 1. The number of amides is 1. The van der Waals surface area contributed by atoms with Crippen molar-refractivity contribution in [3.8, 4) is 0 Å². The first-order chi connectivity index (χ1) is 9.75. The quantitative estimate of drug-likeness (QED) is 0.900. The number of alkyl carbamates (subject to hydrolysis) is 1. The summed E-state index contributed by atoms with van der Waals surface area (Å²) in [5.41, 5.74) is 2.18. The molecule has 2 aromatic rings. The Balaban J connectivity index is 1.69. The van der Waals surface area contributed by atoms with Gasteiger partial charge in [-0.25, -0.2) is 4.79 Å². The molecule has 104 valence electrons. The number of halogens is 1. The van der Waals surface area contributed by atoms with Crippen molar-refractivity contribution in [2.24, 2.45) is 0 Å². The molecule has 0 aliphatic rings. The molecule has 0 spiro atoms. The Kier molecular flexibility index (Phi) is 5.62. The second-order valence-electron chi connectivity index (χ2n) is 4.32. The van der Waals surface area contributed by atoms with E-state index in [9.17, 15) is 4.79 Å². The summed E-state index contributed by atoms with van der Waals surface area (Å²) in [6.07, 6.45) is 0.307. The number of hydrogen-bond acceptors (Lipinski definition) is 2. The lowest BCUT2D eigenvalue weighted by Gasteiger charge is -2.08. The fraction of sp³-hybridized carbons (Fsp3) is 0.188. The van der Waals surface area contributed by atoms with Crippen molar-refractivity contribution >= 4 is 22.0 Å². The summed E-state index contributed by atoms with van der Waals surface area (Å²) >= 11 is 3.47. The summed E-state index contributed by atoms with van der Waals surface area (Å²) in [5, 5.41) is 2.73. The van der Waals surface area contributed by atoms with E-state index in [-0.39, 0.29) is 6.09 Å². The molecule has 3 nitrogen and oxygen atoms in total. The van der Waals surface area contributed by atoms with Gasteiger partial charge in [-0.2, -0.15) is 0 Å². The van der Waals surface area contributed by atoms with Crippen LogP contribution in [0, 0.1) is 0 Å². The molecule has 0 aliphatic carbocycles. The van der Waals surface area contributed by atoms with Crippen molar-refractivity contribution in [3.05, 3.63) is 70.2 Å². The Hall–Kier alpha value is -1.81. The van der Waals surface area contributed by atoms with Crippen LogP contribution in [-0.2, 0) is 17.7 Å². The maximum atomic E-state index is 11.5. The minimum absolute atomic E-state index is 0.364. The van der Waals surface area contributed by atoms with Crippen LogP contribution < -0.4 is 5.32 Å². The summed E-state index contributed by atoms with van der Waals surface area (Å²) in [5.74, 6) is 0. The lowest BCUT2D eigenvalue weighted by molar-refractivity contribution is 0.147. The molecule has 4 heteroatoms. The van der Waals surface area contributed by atoms with Crippen molar-refractivity contribution in [1.29, 1.82) is 0 Å². The third-order valence-corrected chi connectivity index (χ3v) is 3.62. The predicted octanol–water partition coefficient (Wildman–Crippen LogP) is 3.92. The Labute approximate surface area is 127 Å². The van der Waals surface area contributed by atoms with E-state index >= 15 is 0 Å². The minimum Gasteiger partial charge on any atom is -0.449 e. The standard InChI is InChI=1S/C16H16BrNO2/c17-15-9-5-4-8-14(15)10-11-20-16(19)18-12-13-6-2-1-3-7-13/h1-9H,10-12H2,(H,18,19). The van der Waals surface area contributed by atoms with Crippen LogP contribution in [0.4, 0.5) is 4.79 Å². The first-order valence-electron chi connectivity index (χ1n) is 6.43. The first-order valence-corrected chi connectivity index (χ1v) is 7.23. The highest BCUT2D eigenvalue weighted by atomic mass is 79.9. The van der Waals surface area contributed by atoms with Crippen LogP contribution in [0.5, 0.6) is 0 Å². The van der Waals surface area contributed by atoms with Gasteiger partial charge in [0.25, 0.3) is 0 Å². The molecule has 2 rings (SSSR count). The highest BCUT2D eigenvalue weighted by Crippen LogP contribution is 2.16. The first kappa shape index (κ1) is 14.6.